The Bertz CT molecular complexity index is 1980. The lowest BCUT2D eigenvalue weighted by Gasteiger charge is -2.48. The molecular formula is C46H59N3O12. The van der Waals surface area contributed by atoms with E-state index in [1.165, 1.54) is 11.1 Å². The summed E-state index contributed by atoms with van der Waals surface area (Å²) in [5.41, 5.74) is 0.368. The van der Waals surface area contributed by atoms with Crippen molar-refractivity contribution in [2.75, 3.05) is 19.8 Å². The van der Waals surface area contributed by atoms with Crippen molar-refractivity contribution in [1.29, 1.82) is 0 Å². The molecule has 2 amide bonds. The lowest BCUT2D eigenvalue weighted by molar-refractivity contribution is -0.224. The molecule has 330 valence electrons. The summed E-state index contributed by atoms with van der Waals surface area (Å²) < 4.78 is 30.6. The van der Waals surface area contributed by atoms with Crippen LogP contribution in [0.25, 0.3) is 6.08 Å². The minimum atomic E-state index is -1.42. The highest BCUT2D eigenvalue weighted by Gasteiger charge is 2.76. The van der Waals surface area contributed by atoms with Crippen molar-refractivity contribution >= 4 is 35.8 Å². The number of cyclic esters (lactones) is 1. The summed E-state index contributed by atoms with van der Waals surface area (Å²) >= 11 is 0. The molecule has 2 aromatic rings. The highest BCUT2D eigenvalue weighted by Crippen LogP contribution is 2.58. The Morgan fingerprint density at radius 3 is 2.34 bits per heavy atom. The number of hydroxylamine groups is 2. The van der Waals surface area contributed by atoms with Gasteiger partial charge >= 0.3 is 17.9 Å². The van der Waals surface area contributed by atoms with Crippen LogP contribution in [0.1, 0.15) is 113 Å². The maximum absolute atomic E-state index is 14.9. The molecule has 61 heavy (non-hydrogen) atoms. The Hall–Kier alpha value is -4.67. The third-order valence-corrected chi connectivity index (χ3v) is 12.5. The number of amides is 2. The van der Waals surface area contributed by atoms with Gasteiger partial charge in [-0.05, 0) is 47.7 Å². The summed E-state index contributed by atoms with van der Waals surface area (Å²) in [6, 6.07) is 13.0. The number of aliphatic hydroxyl groups is 1. The number of aliphatic hydroxyl groups excluding tert-OH is 1. The van der Waals surface area contributed by atoms with Gasteiger partial charge in [-0.15, -0.1) is 0 Å². The van der Waals surface area contributed by atoms with Crippen molar-refractivity contribution in [1.82, 2.24) is 15.7 Å². The number of nitrogens with zero attached hydrogens (tertiary/aromatic N) is 1. The number of unbranched alkanes of at least 4 members (excludes halogenated alkanes) is 4. The largest absolute Gasteiger partial charge is 0.462 e. The molecule has 3 N–H and O–H groups in total. The van der Waals surface area contributed by atoms with Crippen LogP contribution >= 0.6 is 0 Å². The number of rotatable bonds is 19. The predicted octanol–water partition coefficient (Wildman–Crippen LogP) is 4.67. The van der Waals surface area contributed by atoms with E-state index >= 15 is 0 Å². The van der Waals surface area contributed by atoms with Crippen LogP contribution in [-0.4, -0.2) is 102 Å². The molecule has 0 aromatic heterocycles. The van der Waals surface area contributed by atoms with Gasteiger partial charge in [-0.25, -0.2) is 9.59 Å². The first kappa shape index (κ1) is 44.4. The van der Waals surface area contributed by atoms with Crippen LogP contribution in [0.5, 0.6) is 0 Å². The smallest absolute Gasteiger partial charge is 0.348 e. The highest BCUT2D eigenvalue weighted by atomic mass is 16.8. The van der Waals surface area contributed by atoms with Crippen LogP contribution in [0.3, 0.4) is 0 Å². The molecule has 15 nitrogen and oxygen atoms in total. The summed E-state index contributed by atoms with van der Waals surface area (Å²) in [6.07, 6.45) is 6.14. The van der Waals surface area contributed by atoms with Gasteiger partial charge in [0.05, 0.1) is 13.2 Å². The van der Waals surface area contributed by atoms with E-state index in [-0.39, 0.29) is 45.2 Å². The second-order valence-electron chi connectivity index (χ2n) is 17.6. The first-order chi connectivity index (χ1) is 29.3. The number of ether oxygens (including phenoxy) is 5. The monoisotopic (exact) mass is 845 g/mol. The number of hydrogen-bond acceptors (Lipinski definition) is 13. The van der Waals surface area contributed by atoms with Crippen molar-refractivity contribution in [3.05, 3.63) is 76.9 Å². The van der Waals surface area contributed by atoms with Crippen molar-refractivity contribution < 1.29 is 57.6 Å². The van der Waals surface area contributed by atoms with E-state index in [1.54, 1.807) is 50.3 Å². The van der Waals surface area contributed by atoms with Crippen LogP contribution in [0.2, 0.25) is 0 Å². The fourth-order valence-electron chi connectivity index (χ4n) is 9.37. The summed E-state index contributed by atoms with van der Waals surface area (Å²) in [6.45, 7) is 8.11. The summed E-state index contributed by atoms with van der Waals surface area (Å²) in [5, 5.41) is 16.4. The second kappa shape index (κ2) is 18.7. The van der Waals surface area contributed by atoms with Crippen LogP contribution in [0.4, 0.5) is 0 Å². The van der Waals surface area contributed by atoms with Crippen molar-refractivity contribution in [3.63, 3.8) is 0 Å². The van der Waals surface area contributed by atoms with E-state index in [4.69, 9.17) is 33.6 Å². The number of hydrogen-bond donors (Lipinski definition) is 3. The minimum absolute atomic E-state index is 0.0700. The zero-order valence-electron chi connectivity index (χ0n) is 35.5. The van der Waals surface area contributed by atoms with Crippen molar-refractivity contribution in [2.24, 2.45) is 10.8 Å². The molecule has 4 heterocycles. The van der Waals surface area contributed by atoms with E-state index < -0.39 is 77.0 Å². The maximum atomic E-state index is 14.9. The minimum Gasteiger partial charge on any atom is -0.462 e. The maximum Gasteiger partial charge on any atom is 0.348 e. The quantitative estimate of drug-likeness (QED) is 0.0767. The molecule has 5 fully saturated rings. The first-order valence-corrected chi connectivity index (χ1v) is 21.7. The van der Waals surface area contributed by atoms with Gasteiger partial charge < -0.3 is 39.4 Å². The standard InChI is InChI=1S/C46H59N3O12/c1-5-7-9-19-45(20-10-8-6-2)59-35-33-25-46(43(55)48-26-30-14-12-16-32(24-30)40(52)47-21-22-50)37(41(53)57-33)49(61-38(46)36(35)60-45)27-31-15-11-13-29(23-31)17-18-34(51)58-39-42(54)56-28-44(39,3)4/h11-18,23-24,33,35-39,50H,5-10,19-22,25-28H2,1-4H3,(H,47,52)(H,48,55)/t33?,35-,36-,37-,38+,39-,46?/m0/s1. The molecular weight excluding hydrogens is 787 g/mol. The third kappa shape index (κ3) is 9.26. The molecule has 1 aliphatic carbocycles. The normalized spacial score (nSPS) is 28.3. The number of fused-ring (bicyclic) bond motifs is 4. The van der Waals surface area contributed by atoms with Crippen LogP contribution in [0, 0.1) is 10.8 Å². The Kier molecular flexibility index (Phi) is 13.6. The van der Waals surface area contributed by atoms with E-state index in [0.717, 1.165) is 44.1 Å². The highest BCUT2D eigenvalue weighted by molar-refractivity contribution is 5.95. The lowest BCUT2D eigenvalue weighted by atomic mass is 9.62. The van der Waals surface area contributed by atoms with E-state index in [9.17, 15) is 24.0 Å². The predicted molar refractivity (Wildman–Crippen MR) is 220 cm³/mol. The lowest BCUT2D eigenvalue weighted by Crippen LogP contribution is -2.69. The number of benzene rings is 2. The molecule has 0 spiro atoms. The third-order valence-electron chi connectivity index (χ3n) is 12.5. The molecule has 1 saturated carbocycles. The molecule has 2 bridgehead atoms. The second-order valence-corrected chi connectivity index (χ2v) is 17.6. The zero-order chi connectivity index (χ0) is 43.4. The average molecular weight is 846 g/mol. The molecule has 2 aromatic carbocycles. The number of carbonyl (C=O) groups is 5. The Balaban J connectivity index is 1.16. The van der Waals surface area contributed by atoms with Gasteiger partial charge in [0, 0.05) is 49.4 Å². The molecule has 15 heteroatoms. The molecule has 7 rings (SSSR count). The van der Waals surface area contributed by atoms with Gasteiger partial charge in [-0.1, -0.05) is 89.8 Å². The number of nitrogens with one attached hydrogen (secondary N) is 2. The molecule has 4 saturated heterocycles. The van der Waals surface area contributed by atoms with Gasteiger partial charge in [0.15, 0.2) is 11.8 Å². The first-order valence-electron chi connectivity index (χ1n) is 21.7. The van der Waals surface area contributed by atoms with Gasteiger partial charge in [0.25, 0.3) is 5.91 Å². The molecule has 7 atom stereocenters. The fraction of sp³-hybridized carbons (Fsp3) is 0.587. The fourth-order valence-corrected chi connectivity index (χ4v) is 9.37. The van der Waals surface area contributed by atoms with Gasteiger partial charge in [0.1, 0.15) is 36.4 Å². The SMILES string of the molecule is CCCCCC1(CCCCC)O[C@@H]2[C@H]3ON(Cc4cccc(C=CC(=O)O[C@H]5C(=O)OCC5(C)C)c4)[C@H]4C(=O)OC(CC34C(=O)NCc3cccc(C(=O)NCCO)c3)[C@@H]2O1. The van der Waals surface area contributed by atoms with E-state index in [0.29, 0.717) is 29.5 Å². The van der Waals surface area contributed by atoms with Crippen LogP contribution in [0.15, 0.2) is 54.6 Å². The summed E-state index contributed by atoms with van der Waals surface area (Å²) in [7, 11) is 0. The van der Waals surface area contributed by atoms with Gasteiger partial charge in [-0.2, -0.15) is 5.06 Å². The molecule has 0 radical (unpaired) electrons. The zero-order valence-corrected chi connectivity index (χ0v) is 35.5. The van der Waals surface area contributed by atoms with Crippen molar-refractivity contribution in [2.45, 2.75) is 141 Å². The van der Waals surface area contributed by atoms with E-state index in [1.807, 2.05) is 18.2 Å². The Labute approximate surface area is 356 Å². The molecule has 2 unspecified atom stereocenters. The Morgan fingerprint density at radius 2 is 1.64 bits per heavy atom. The van der Waals surface area contributed by atoms with Gasteiger partial charge in [-0.3, -0.25) is 19.2 Å². The molecule has 5 aliphatic rings. The number of esters is 3. The Morgan fingerprint density at radius 1 is 0.918 bits per heavy atom. The van der Waals surface area contributed by atoms with Gasteiger partial charge in [0.2, 0.25) is 12.0 Å². The summed E-state index contributed by atoms with van der Waals surface area (Å²) in [5.74, 6) is -3.53. The topological polar surface area (TPSA) is 188 Å². The molecule has 4 aliphatic heterocycles. The van der Waals surface area contributed by atoms with Crippen LogP contribution < -0.4 is 10.6 Å². The summed E-state index contributed by atoms with van der Waals surface area (Å²) in [4.78, 5) is 73.6. The van der Waals surface area contributed by atoms with E-state index in [2.05, 4.69) is 24.5 Å². The van der Waals surface area contributed by atoms with Crippen molar-refractivity contribution in [3.8, 4) is 0 Å². The number of carbonyl (C=O) groups excluding carboxylic acids is 5. The van der Waals surface area contributed by atoms with Crippen LogP contribution in [-0.2, 0) is 60.8 Å². The average Bonchev–Trinajstić information content (AvgIpc) is 3.88.